The SMILES string of the molecule is CO[C@@H]1[C@@H](O[C@@H]2O[C@H](C)[C@@H](O)[C@H](N(C)C)[C@H]2O)[C@@H](CC=O)C[C@@H](C)/C=C\C=C\[C@H](O)C[C@@H](C)OC(=O)C[C@H]1O. The monoisotopic (exact) mass is 557 g/mol. The van der Waals surface area contributed by atoms with Crippen molar-refractivity contribution in [2.24, 2.45) is 11.8 Å². The van der Waals surface area contributed by atoms with Crippen LogP contribution in [0, 0.1) is 11.8 Å². The second kappa shape index (κ2) is 15.9. The molecule has 0 bridgehead atoms. The standard InChI is InChI=1S/C28H47NO10/c1-16-9-7-8-10-20(31)14-17(2)37-22(33)15-21(32)27(36-6)26(19(13-16)11-12-30)39-28-25(35)23(29(4)5)24(34)18(3)38-28/h7-10,12,16-21,23-28,31-32,34-35H,11,13-15H2,1-6H3/b9-7-,10-8+/t16-,17+,18+,19-,20-,21+,23-,24+,25+,26-,27-,28-/m0/s1. The van der Waals surface area contributed by atoms with Crippen molar-refractivity contribution in [3.05, 3.63) is 24.3 Å². The lowest BCUT2D eigenvalue weighted by Crippen LogP contribution is -2.63. The van der Waals surface area contributed by atoms with Crippen molar-refractivity contribution in [1.29, 1.82) is 0 Å². The number of aldehydes is 1. The quantitative estimate of drug-likeness (QED) is 0.268. The van der Waals surface area contributed by atoms with Crippen molar-refractivity contribution in [1.82, 2.24) is 4.90 Å². The fourth-order valence-corrected chi connectivity index (χ4v) is 5.38. The third-order valence-corrected chi connectivity index (χ3v) is 7.38. The van der Waals surface area contributed by atoms with Gasteiger partial charge in [-0.05, 0) is 46.2 Å². The minimum Gasteiger partial charge on any atom is -0.462 e. The number of likely N-dealkylation sites (N-methyl/N-ethyl adjacent to an activating group) is 1. The highest BCUT2D eigenvalue weighted by atomic mass is 16.7. The molecule has 0 aromatic heterocycles. The van der Waals surface area contributed by atoms with Gasteiger partial charge in [-0.15, -0.1) is 0 Å². The van der Waals surface area contributed by atoms with Gasteiger partial charge in [-0.25, -0.2) is 0 Å². The molecular formula is C28H47NO10. The number of carbonyl (C=O) groups excluding carboxylic acids is 2. The number of allylic oxidation sites excluding steroid dienone is 3. The Morgan fingerprint density at radius 3 is 2.31 bits per heavy atom. The van der Waals surface area contributed by atoms with Crippen molar-refractivity contribution in [3.63, 3.8) is 0 Å². The Morgan fingerprint density at radius 2 is 1.69 bits per heavy atom. The predicted octanol–water partition coefficient (Wildman–Crippen LogP) is 0.575. The molecule has 2 aliphatic rings. The summed E-state index contributed by atoms with van der Waals surface area (Å²) >= 11 is 0. The predicted molar refractivity (Wildman–Crippen MR) is 143 cm³/mol. The number of esters is 1. The maximum absolute atomic E-state index is 12.6. The maximum atomic E-state index is 12.6. The summed E-state index contributed by atoms with van der Waals surface area (Å²) in [6.07, 6.45) is -0.852. The first-order valence-corrected chi connectivity index (χ1v) is 13.6. The molecule has 0 radical (unpaired) electrons. The minimum atomic E-state index is -1.37. The molecule has 2 rings (SSSR count). The van der Waals surface area contributed by atoms with E-state index >= 15 is 0 Å². The van der Waals surface area contributed by atoms with Crippen LogP contribution in [0.3, 0.4) is 0 Å². The number of methoxy groups -OCH3 is 1. The molecule has 0 amide bonds. The summed E-state index contributed by atoms with van der Waals surface area (Å²) < 4.78 is 23.2. The fraction of sp³-hybridized carbons (Fsp3) is 0.786. The van der Waals surface area contributed by atoms with Gasteiger partial charge in [0.05, 0.1) is 43.0 Å². The number of hydrogen-bond acceptors (Lipinski definition) is 11. The number of rotatable bonds is 6. The topological polar surface area (TPSA) is 155 Å². The highest BCUT2D eigenvalue weighted by Crippen LogP contribution is 2.32. The molecule has 0 saturated carbocycles. The Hall–Kier alpha value is -1.70. The molecule has 0 spiro atoms. The smallest absolute Gasteiger partial charge is 0.308 e. The van der Waals surface area contributed by atoms with E-state index in [0.29, 0.717) is 6.42 Å². The van der Waals surface area contributed by atoms with Crippen molar-refractivity contribution < 1.29 is 49.0 Å². The molecule has 11 heteroatoms. The maximum Gasteiger partial charge on any atom is 0.308 e. The zero-order valence-electron chi connectivity index (χ0n) is 23.8. The van der Waals surface area contributed by atoms with Gasteiger partial charge in [0.2, 0.25) is 0 Å². The number of aliphatic hydroxyl groups excluding tert-OH is 4. The van der Waals surface area contributed by atoms with E-state index in [1.807, 2.05) is 13.0 Å². The average molecular weight is 558 g/mol. The van der Waals surface area contributed by atoms with E-state index in [0.717, 1.165) is 6.29 Å². The summed E-state index contributed by atoms with van der Waals surface area (Å²) in [5.41, 5.74) is 0. The second-order valence-corrected chi connectivity index (χ2v) is 11.0. The minimum absolute atomic E-state index is 0.0400. The molecule has 0 aliphatic carbocycles. The Balaban J connectivity index is 2.46. The van der Waals surface area contributed by atoms with Gasteiger partial charge in [0, 0.05) is 20.0 Å². The molecule has 12 atom stereocenters. The molecule has 0 aromatic carbocycles. The molecule has 4 N–H and O–H groups in total. The molecule has 0 aromatic rings. The summed E-state index contributed by atoms with van der Waals surface area (Å²) in [4.78, 5) is 26.1. The summed E-state index contributed by atoms with van der Waals surface area (Å²) in [5, 5.41) is 43.0. The second-order valence-electron chi connectivity index (χ2n) is 11.0. The van der Waals surface area contributed by atoms with Gasteiger partial charge in [0.25, 0.3) is 0 Å². The lowest BCUT2D eigenvalue weighted by molar-refractivity contribution is -0.309. The molecule has 0 unspecified atom stereocenters. The third kappa shape index (κ3) is 9.72. The van der Waals surface area contributed by atoms with Crippen molar-refractivity contribution in [2.75, 3.05) is 21.2 Å². The van der Waals surface area contributed by atoms with Crippen LogP contribution in [0.25, 0.3) is 0 Å². The average Bonchev–Trinajstić information content (AvgIpc) is 2.83. The van der Waals surface area contributed by atoms with Gasteiger partial charge in [-0.2, -0.15) is 0 Å². The number of carbonyl (C=O) groups is 2. The number of hydrogen-bond donors (Lipinski definition) is 4. The molecule has 1 fully saturated rings. The van der Waals surface area contributed by atoms with Gasteiger partial charge in [-0.1, -0.05) is 31.2 Å². The van der Waals surface area contributed by atoms with E-state index in [-0.39, 0.29) is 18.8 Å². The van der Waals surface area contributed by atoms with Gasteiger partial charge < -0.3 is 49.1 Å². The summed E-state index contributed by atoms with van der Waals surface area (Å²) in [7, 11) is 4.82. The zero-order valence-corrected chi connectivity index (χ0v) is 23.8. The first-order chi connectivity index (χ1) is 18.4. The van der Waals surface area contributed by atoms with Gasteiger partial charge >= 0.3 is 5.97 Å². The van der Waals surface area contributed by atoms with Crippen LogP contribution in [-0.2, 0) is 28.5 Å². The Bertz CT molecular complexity index is 820. The van der Waals surface area contributed by atoms with E-state index in [4.69, 9.17) is 18.9 Å². The molecular weight excluding hydrogens is 510 g/mol. The molecule has 39 heavy (non-hydrogen) atoms. The van der Waals surface area contributed by atoms with Crippen LogP contribution in [-0.4, -0.2) is 120 Å². The van der Waals surface area contributed by atoms with E-state index in [9.17, 15) is 30.0 Å². The molecule has 1 saturated heterocycles. The van der Waals surface area contributed by atoms with Gasteiger partial charge in [0.1, 0.15) is 24.6 Å². The van der Waals surface area contributed by atoms with Crippen LogP contribution >= 0.6 is 0 Å². The normalized spacial score (nSPS) is 43.0. The Kier molecular flexibility index (Phi) is 13.7. The lowest BCUT2D eigenvalue weighted by atomic mass is 9.84. The molecule has 224 valence electrons. The van der Waals surface area contributed by atoms with Crippen molar-refractivity contribution in [3.8, 4) is 0 Å². The van der Waals surface area contributed by atoms with E-state index in [1.54, 1.807) is 51.1 Å². The van der Waals surface area contributed by atoms with Gasteiger partial charge in [-0.3, -0.25) is 4.79 Å². The lowest BCUT2D eigenvalue weighted by Gasteiger charge is -2.46. The van der Waals surface area contributed by atoms with E-state index < -0.39 is 79.5 Å². The summed E-state index contributed by atoms with van der Waals surface area (Å²) in [6.45, 7) is 5.28. The van der Waals surface area contributed by atoms with Crippen molar-refractivity contribution in [2.45, 2.75) is 108 Å². The molecule has 2 heterocycles. The number of ether oxygens (including phenoxy) is 4. The summed E-state index contributed by atoms with van der Waals surface area (Å²) in [5.74, 6) is -1.21. The van der Waals surface area contributed by atoms with Crippen LogP contribution in [0.15, 0.2) is 24.3 Å². The van der Waals surface area contributed by atoms with E-state index in [2.05, 4.69) is 0 Å². The van der Waals surface area contributed by atoms with Crippen LogP contribution in [0.1, 0.15) is 46.5 Å². The van der Waals surface area contributed by atoms with Crippen molar-refractivity contribution >= 4 is 12.3 Å². The Labute approximate surface area is 231 Å². The third-order valence-electron chi connectivity index (χ3n) is 7.38. The molecule has 2 aliphatic heterocycles. The number of cyclic esters (lactones) is 1. The van der Waals surface area contributed by atoms with Crippen LogP contribution in [0.5, 0.6) is 0 Å². The highest BCUT2D eigenvalue weighted by Gasteiger charge is 2.47. The number of aliphatic hydroxyl groups is 4. The van der Waals surface area contributed by atoms with Crippen LogP contribution < -0.4 is 0 Å². The Morgan fingerprint density at radius 1 is 1.03 bits per heavy atom. The zero-order chi connectivity index (χ0) is 29.3. The summed E-state index contributed by atoms with van der Waals surface area (Å²) in [6, 6.07) is -0.694. The first kappa shape index (κ1) is 33.5. The highest BCUT2D eigenvalue weighted by molar-refractivity contribution is 5.70. The van der Waals surface area contributed by atoms with E-state index in [1.165, 1.54) is 7.11 Å². The number of nitrogens with zero attached hydrogens (tertiary/aromatic N) is 1. The fourth-order valence-electron chi connectivity index (χ4n) is 5.38. The van der Waals surface area contributed by atoms with Crippen LogP contribution in [0.2, 0.25) is 0 Å². The largest absolute Gasteiger partial charge is 0.462 e. The molecule has 11 nitrogen and oxygen atoms in total. The van der Waals surface area contributed by atoms with Crippen LogP contribution in [0.4, 0.5) is 0 Å². The van der Waals surface area contributed by atoms with Gasteiger partial charge in [0.15, 0.2) is 6.29 Å². The first-order valence-electron chi connectivity index (χ1n) is 13.6.